The van der Waals surface area contributed by atoms with Crippen molar-refractivity contribution in [2.24, 2.45) is 5.92 Å². The van der Waals surface area contributed by atoms with E-state index in [0.29, 0.717) is 5.92 Å². The van der Waals surface area contributed by atoms with Crippen molar-refractivity contribution in [3.05, 3.63) is 23.5 Å². The van der Waals surface area contributed by atoms with Gasteiger partial charge in [0.1, 0.15) is 5.75 Å². The Bertz CT molecular complexity index is 354. The monoisotopic (exact) mass is 252 g/mol. The Morgan fingerprint density at radius 1 is 1.33 bits per heavy atom. The van der Waals surface area contributed by atoms with Gasteiger partial charge in [-0.15, -0.1) is 0 Å². The summed E-state index contributed by atoms with van der Waals surface area (Å²) in [6, 6.07) is 3.88. The highest BCUT2D eigenvalue weighted by molar-refractivity contribution is 5.26. The van der Waals surface area contributed by atoms with Gasteiger partial charge in [-0.1, -0.05) is 13.8 Å². The van der Waals surface area contributed by atoms with Gasteiger partial charge >= 0.3 is 0 Å². The van der Waals surface area contributed by atoms with Gasteiger partial charge in [0.2, 0.25) is 0 Å². The van der Waals surface area contributed by atoms with Crippen molar-refractivity contribution in [1.29, 1.82) is 0 Å². The lowest BCUT2D eigenvalue weighted by Gasteiger charge is -2.09. The van der Waals surface area contributed by atoms with Crippen LogP contribution in [0, 0.1) is 12.8 Å². The average molecular weight is 252 g/mol. The second-order valence-electron chi connectivity index (χ2n) is 4.79. The second-order valence-corrected chi connectivity index (χ2v) is 4.79. The van der Waals surface area contributed by atoms with Crippen LogP contribution in [0.4, 0.5) is 0 Å². The predicted molar refractivity (Wildman–Crippen MR) is 72.9 cm³/mol. The van der Waals surface area contributed by atoms with E-state index in [1.807, 2.05) is 19.1 Å². The first-order chi connectivity index (χ1) is 8.61. The Balaban J connectivity index is 2.24. The Labute approximate surface area is 110 Å². The Kier molecular flexibility index (Phi) is 6.68. The quantitative estimate of drug-likeness (QED) is 0.720. The summed E-state index contributed by atoms with van der Waals surface area (Å²) in [5, 5.41) is 3.31. The molecule has 1 aromatic heterocycles. The van der Waals surface area contributed by atoms with E-state index in [1.54, 1.807) is 7.11 Å². The average Bonchev–Trinajstić information content (AvgIpc) is 2.32. The molecule has 1 aromatic rings. The highest BCUT2D eigenvalue weighted by Crippen LogP contribution is 2.12. The number of aryl methyl sites for hydroxylation is 1. The van der Waals surface area contributed by atoms with E-state index in [4.69, 9.17) is 9.47 Å². The van der Waals surface area contributed by atoms with Crippen LogP contribution < -0.4 is 10.1 Å². The number of hydrogen-bond acceptors (Lipinski definition) is 4. The summed E-state index contributed by atoms with van der Waals surface area (Å²) in [6.45, 7) is 9.40. The lowest BCUT2D eigenvalue weighted by Crippen LogP contribution is -2.21. The molecular weight excluding hydrogens is 228 g/mol. The highest BCUT2D eigenvalue weighted by atomic mass is 16.5. The molecule has 0 saturated heterocycles. The summed E-state index contributed by atoms with van der Waals surface area (Å²) in [5.41, 5.74) is 1.97. The number of nitrogens with one attached hydrogen (secondary N) is 1. The predicted octanol–water partition coefficient (Wildman–Crippen LogP) is 2.16. The largest absolute Gasteiger partial charge is 0.497 e. The van der Waals surface area contributed by atoms with Gasteiger partial charge in [-0.05, 0) is 12.8 Å². The maximum atomic E-state index is 5.49. The van der Waals surface area contributed by atoms with Crippen LogP contribution >= 0.6 is 0 Å². The molecule has 0 atom stereocenters. The van der Waals surface area contributed by atoms with Crippen molar-refractivity contribution in [3.63, 3.8) is 0 Å². The van der Waals surface area contributed by atoms with Gasteiger partial charge in [-0.25, -0.2) is 0 Å². The van der Waals surface area contributed by atoms with Crippen LogP contribution in [0.5, 0.6) is 5.75 Å². The lowest BCUT2D eigenvalue weighted by atomic mass is 10.2. The van der Waals surface area contributed by atoms with Crippen molar-refractivity contribution in [3.8, 4) is 5.75 Å². The number of pyridine rings is 1. The zero-order chi connectivity index (χ0) is 13.4. The fourth-order valence-electron chi connectivity index (χ4n) is 1.59. The second kappa shape index (κ2) is 8.06. The first kappa shape index (κ1) is 14.9. The van der Waals surface area contributed by atoms with E-state index in [1.165, 1.54) is 0 Å². The molecule has 0 saturated carbocycles. The van der Waals surface area contributed by atoms with Crippen LogP contribution in [0.3, 0.4) is 0 Å². The molecule has 0 aliphatic rings. The Morgan fingerprint density at radius 3 is 2.78 bits per heavy atom. The van der Waals surface area contributed by atoms with Crippen LogP contribution in [0.25, 0.3) is 0 Å². The van der Waals surface area contributed by atoms with Crippen molar-refractivity contribution >= 4 is 0 Å². The number of methoxy groups -OCH3 is 1. The van der Waals surface area contributed by atoms with Crippen molar-refractivity contribution in [2.75, 3.05) is 26.9 Å². The minimum atomic E-state index is 0.590. The third-order valence-electron chi connectivity index (χ3n) is 2.40. The molecule has 0 amide bonds. The fourth-order valence-corrected chi connectivity index (χ4v) is 1.59. The van der Waals surface area contributed by atoms with Crippen LogP contribution in [0.1, 0.15) is 25.2 Å². The first-order valence-electron chi connectivity index (χ1n) is 6.42. The van der Waals surface area contributed by atoms with Crippen molar-refractivity contribution < 1.29 is 9.47 Å². The molecule has 0 aromatic carbocycles. The van der Waals surface area contributed by atoms with Crippen LogP contribution in [-0.2, 0) is 11.3 Å². The molecule has 0 bridgehead atoms. The van der Waals surface area contributed by atoms with Gasteiger partial charge in [0.05, 0.1) is 19.4 Å². The molecule has 1 heterocycles. The molecule has 0 unspecified atom stereocenters. The number of rotatable bonds is 8. The number of ether oxygens (including phenoxy) is 2. The SMILES string of the molecule is COc1cc(C)nc(CNCCOCC(C)C)c1. The smallest absolute Gasteiger partial charge is 0.122 e. The van der Waals surface area contributed by atoms with Crippen LogP contribution in [0.15, 0.2) is 12.1 Å². The molecule has 0 aliphatic heterocycles. The number of hydrogen-bond donors (Lipinski definition) is 1. The molecular formula is C14H24N2O2. The highest BCUT2D eigenvalue weighted by Gasteiger charge is 2.00. The number of nitrogens with zero attached hydrogens (tertiary/aromatic N) is 1. The maximum Gasteiger partial charge on any atom is 0.122 e. The minimum absolute atomic E-state index is 0.590. The van der Waals surface area contributed by atoms with Gasteiger partial charge in [0.15, 0.2) is 0 Å². The summed E-state index contributed by atoms with van der Waals surface area (Å²) in [4.78, 5) is 4.44. The van der Waals surface area contributed by atoms with Crippen LogP contribution in [0.2, 0.25) is 0 Å². The fraction of sp³-hybridized carbons (Fsp3) is 0.643. The van der Waals surface area contributed by atoms with Gasteiger partial charge in [0.25, 0.3) is 0 Å². The van der Waals surface area contributed by atoms with E-state index in [9.17, 15) is 0 Å². The molecule has 18 heavy (non-hydrogen) atoms. The molecule has 4 heteroatoms. The van der Waals surface area contributed by atoms with Gasteiger partial charge in [-0.3, -0.25) is 4.98 Å². The van der Waals surface area contributed by atoms with E-state index < -0.39 is 0 Å². The zero-order valence-electron chi connectivity index (χ0n) is 11.8. The molecule has 0 fully saturated rings. The Morgan fingerprint density at radius 2 is 2.11 bits per heavy atom. The first-order valence-corrected chi connectivity index (χ1v) is 6.42. The van der Waals surface area contributed by atoms with E-state index in [2.05, 4.69) is 24.1 Å². The van der Waals surface area contributed by atoms with Gasteiger partial charge in [0, 0.05) is 37.5 Å². The molecule has 1 rings (SSSR count). The summed E-state index contributed by atoms with van der Waals surface area (Å²) in [6.07, 6.45) is 0. The maximum absolute atomic E-state index is 5.49. The topological polar surface area (TPSA) is 43.4 Å². The summed E-state index contributed by atoms with van der Waals surface area (Å²) >= 11 is 0. The van der Waals surface area contributed by atoms with Crippen LogP contribution in [-0.4, -0.2) is 31.9 Å². The lowest BCUT2D eigenvalue weighted by molar-refractivity contribution is 0.111. The van der Waals surface area contributed by atoms with Gasteiger partial charge < -0.3 is 14.8 Å². The van der Waals surface area contributed by atoms with E-state index in [-0.39, 0.29) is 0 Å². The summed E-state index contributed by atoms with van der Waals surface area (Å²) < 4.78 is 10.7. The standard InChI is InChI=1S/C14H24N2O2/c1-11(2)10-18-6-5-15-9-13-8-14(17-4)7-12(3)16-13/h7-8,11,15H,5-6,9-10H2,1-4H3. The molecule has 0 aliphatic carbocycles. The molecule has 0 spiro atoms. The van der Waals surface area contributed by atoms with Crippen molar-refractivity contribution in [2.45, 2.75) is 27.3 Å². The summed E-state index contributed by atoms with van der Waals surface area (Å²) in [5.74, 6) is 1.45. The number of aromatic nitrogens is 1. The molecule has 0 radical (unpaired) electrons. The third-order valence-corrected chi connectivity index (χ3v) is 2.40. The van der Waals surface area contributed by atoms with E-state index >= 15 is 0 Å². The zero-order valence-corrected chi connectivity index (χ0v) is 11.8. The normalized spacial score (nSPS) is 10.9. The molecule has 102 valence electrons. The minimum Gasteiger partial charge on any atom is -0.497 e. The summed E-state index contributed by atoms with van der Waals surface area (Å²) in [7, 11) is 1.67. The Hall–Kier alpha value is -1.13. The van der Waals surface area contributed by atoms with E-state index in [0.717, 1.165) is 43.4 Å². The third kappa shape index (κ3) is 5.98. The molecule has 1 N–H and O–H groups in total. The van der Waals surface area contributed by atoms with Crippen molar-refractivity contribution in [1.82, 2.24) is 10.3 Å². The molecule has 4 nitrogen and oxygen atoms in total. The van der Waals surface area contributed by atoms with Gasteiger partial charge in [-0.2, -0.15) is 0 Å².